The lowest BCUT2D eigenvalue weighted by Gasteiger charge is -2.27. The Morgan fingerprint density at radius 1 is 1.33 bits per heavy atom. The fraction of sp³-hybridized carbons (Fsp3) is 0.500. The lowest BCUT2D eigenvalue weighted by molar-refractivity contribution is 0.0692. The summed E-state index contributed by atoms with van der Waals surface area (Å²) in [4.78, 5) is 11.1. The van der Waals surface area contributed by atoms with E-state index in [1.54, 1.807) is 0 Å². The fourth-order valence-electron chi connectivity index (χ4n) is 2.66. The van der Waals surface area contributed by atoms with Gasteiger partial charge in [0.2, 0.25) is 10.0 Å². The first kappa shape index (κ1) is 15.8. The minimum Gasteiger partial charge on any atom is -0.478 e. The molecule has 1 aliphatic heterocycles. The van der Waals surface area contributed by atoms with Gasteiger partial charge >= 0.3 is 5.97 Å². The van der Waals surface area contributed by atoms with Crippen LogP contribution in [0.1, 0.15) is 43.0 Å². The molecule has 0 aromatic heterocycles. The van der Waals surface area contributed by atoms with Crippen molar-refractivity contribution >= 4 is 21.7 Å². The van der Waals surface area contributed by atoms with Crippen molar-refractivity contribution in [2.45, 2.75) is 43.5 Å². The number of aromatic carboxylic acids is 1. The highest BCUT2D eigenvalue weighted by Crippen LogP contribution is 2.28. The van der Waals surface area contributed by atoms with Crippen LogP contribution in [0.25, 0.3) is 0 Å². The van der Waals surface area contributed by atoms with Gasteiger partial charge in [-0.1, -0.05) is 12.8 Å². The quantitative estimate of drug-likeness (QED) is 0.830. The molecule has 1 atom stereocenters. The number of hydrogen-bond donors (Lipinski definition) is 2. The number of hydrogen-bond acceptors (Lipinski definition) is 4. The first-order valence-corrected chi connectivity index (χ1v) is 8.42. The average molecular weight is 312 g/mol. The third-order valence-corrected chi connectivity index (χ3v) is 5.87. The van der Waals surface area contributed by atoms with Crippen LogP contribution < -0.4 is 5.73 Å². The van der Waals surface area contributed by atoms with E-state index in [-0.39, 0.29) is 22.2 Å². The zero-order valence-electron chi connectivity index (χ0n) is 11.9. The first-order valence-electron chi connectivity index (χ1n) is 6.98. The fourth-order valence-corrected chi connectivity index (χ4v) is 4.58. The van der Waals surface area contributed by atoms with Crippen molar-refractivity contribution in [2.24, 2.45) is 0 Å². The Kier molecular flexibility index (Phi) is 4.53. The summed E-state index contributed by atoms with van der Waals surface area (Å²) in [7, 11) is -3.86. The zero-order valence-corrected chi connectivity index (χ0v) is 12.8. The van der Waals surface area contributed by atoms with E-state index in [0.29, 0.717) is 6.54 Å². The molecule has 1 aliphatic rings. The monoisotopic (exact) mass is 312 g/mol. The molecule has 1 unspecified atom stereocenters. The number of rotatable bonds is 3. The Labute approximate surface area is 124 Å². The highest BCUT2D eigenvalue weighted by atomic mass is 32.2. The predicted molar refractivity (Wildman–Crippen MR) is 79.6 cm³/mol. The van der Waals surface area contributed by atoms with E-state index >= 15 is 0 Å². The van der Waals surface area contributed by atoms with Crippen LogP contribution in [0, 0.1) is 0 Å². The summed E-state index contributed by atoms with van der Waals surface area (Å²) >= 11 is 0. The van der Waals surface area contributed by atoms with Gasteiger partial charge < -0.3 is 10.8 Å². The maximum atomic E-state index is 12.8. The summed E-state index contributed by atoms with van der Waals surface area (Å²) in [6.07, 6.45) is 3.53. The van der Waals surface area contributed by atoms with Crippen LogP contribution in [0.4, 0.5) is 5.69 Å². The van der Waals surface area contributed by atoms with Crippen LogP contribution >= 0.6 is 0 Å². The SMILES string of the molecule is CC1CCCCCN1S(=O)(=O)c1cc(N)ccc1C(=O)O. The number of sulfonamides is 1. The van der Waals surface area contributed by atoms with Crippen LogP contribution in [0.2, 0.25) is 0 Å². The Bertz CT molecular complexity index is 642. The number of nitrogen functional groups attached to an aromatic ring is 1. The van der Waals surface area contributed by atoms with Crippen LogP contribution in [0.3, 0.4) is 0 Å². The van der Waals surface area contributed by atoms with E-state index in [1.165, 1.54) is 22.5 Å². The minimum absolute atomic E-state index is 0.138. The third kappa shape index (κ3) is 3.19. The topological polar surface area (TPSA) is 101 Å². The Morgan fingerprint density at radius 2 is 2.05 bits per heavy atom. The second-order valence-corrected chi connectivity index (χ2v) is 7.23. The predicted octanol–water partition coefficient (Wildman–Crippen LogP) is 1.92. The van der Waals surface area contributed by atoms with Crippen molar-refractivity contribution in [3.63, 3.8) is 0 Å². The molecule has 116 valence electrons. The molecular formula is C14H20N2O4S. The Hall–Kier alpha value is -1.60. The number of nitrogens with zero attached hydrogens (tertiary/aromatic N) is 1. The molecule has 0 aliphatic carbocycles. The van der Waals surface area contributed by atoms with Gasteiger partial charge in [0, 0.05) is 18.3 Å². The van der Waals surface area contributed by atoms with Crippen molar-refractivity contribution in [2.75, 3.05) is 12.3 Å². The van der Waals surface area contributed by atoms with Gasteiger partial charge in [0.15, 0.2) is 0 Å². The number of carboxylic acids is 1. The van der Waals surface area contributed by atoms with Gasteiger partial charge in [-0.2, -0.15) is 4.31 Å². The van der Waals surface area contributed by atoms with Gasteiger partial charge in [-0.25, -0.2) is 13.2 Å². The second kappa shape index (κ2) is 6.03. The second-order valence-electron chi connectivity index (χ2n) is 5.37. The van der Waals surface area contributed by atoms with Gasteiger partial charge in [0.25, 0.3) is 0 Å². The molecule has 6 nitrogen and oxygen atoms in total. The third-order valence-electron chi connectivity index (χ3n) is 3.81. The number of anilines is 1. The van der Waals surface area contributed by atoms with Crippen LogP contribution in [-0.2, 0) is 10.0 Å². The van der Waals surface area contributed by atoms with E-state index < -0.39 is 16.0 Å². The molecule has 0 saturated carbocycles. The first-order chi connectivity index (χ1) is 9.84. The maximum absolute atomic E-state index is 12.8. The van der Waals surface area contributed by atoms with Gasteiger partial charge in [-0.15, -0.1) is 0 Å². The molecule has 2 rings (SSSR count). The number of nitrogens with two attached hydrogens (primary N) is 1. The smallest absolute Gasteiger partial charge is 0.337 e. The summed E-state index contributed by atoms with van der Waals surface area (Å²) in [5.74, 6) is -1.27. The normalized spacial score (nSPS) is 20.9. The summed E-state index contributed by atoms with van der Waals surface area (Å²) < 4.78 is 27.1. The average Bonchev–Trinajstić information content (AvgIpc) is 2.63. The summed E-state index contributed by atoms with van der Waals surface area (Å²) in [5, 5.41) is 9.22. The highest BCUT2D eigenvalue weighted by Gasteiger charge is 2.33. The molecule has 0 spiro atoms. The molecule has 0 bridgehead atoms. The molecule has 1 aromatic carbocycles. The lowest BCUT2D eigenvalue weighted by atomic mass is 10.1. The molecule has 0 amide bonds. The number of carboxylic acid groups (broad SMARTS) is 1. The summed E-state index contributed by atoms with van der Waals surface area (Å²) in [6, 6.07) is 3.73. The van der Waals surface area contributed by atoms with Crippen molar-refractivity contribution in [3.8, 4) is 0 Å². The van der Waals surface area contributed by atoms with Crippen LogP contribution in [0.5, 0.6) is 0 Å². The molecule has 1 heterocycles. The zero-order chi connectivity index (χ0) is 15.6. The lowest BCUT2D eigenvalue weighted by Crippen LogP contribution is -2.38. The van der Waals surface area contributed by atoms with E-state index in [2.05, 4.69) is 0 Å². The van der Waals surface area contributed by atoms with Crippen LogP contribution in [0.15, 0.2) is 23.1 Å². The molecule has 21 heavy (non-hydrogen) atoms. The molecular weight excluding hydrogens is 292 g/mol. The summed E-state index contributed by atoms with van der Waals surface area (Å²) in [5.41, 5.74) is 5.65. The summed E-state index contributed by atoms with van der Waals surface area (Å²) in [6.45, 7) is 2.27. The molecule has 0 radical (unpaired) electrons. The van der Waals surface area contributed by atoms with Crippen molar-refractivity contribution in [1.29, 1.82) is 0 Å². The van der Waals surface area contributed by atoms with E-state index in [1.807, 2.05) is 6.92 Å². The van der Waals surface area contributed by atoms with Crippen LogP contribution in [-0.4, -0.2) is 36.4 Å². The molecule has 3 N–H and O–H groups in total. The largest absolute Gasteiger partial charge is 0.478 e. The Morgan fingerprint density at radius 3 is 2.71 bits per heavy atom. The number of benzene rings is 1. The Balaban J connectivity index is 2.52. The van der Waals surface area contributed by atoms with Crippen molar-refractivity contribution in [3.05, 3.63) is 23.8 Å². The van der Waals surface area contributed by atoms with Gasteiger partial charge in [0.1, 0.15) is 0 Å². The number of carbonyl (C=O) groups is 1. The minimum atomic E-state index is -3.86. The van der Waals surface area contributed by atoms with E-state index in [9.17, 15) is 18.3 Å². The van der Waals surface area contributed by atoms with Gasteiger partial charge in [0.05, 0.1) is 10.5 Å². The molecule has 1 saturated heterocycles. The highest BCUT2D eigenvalue weighted by molar-refractivity contribution is 7.89. The van der Waals surface area contributed by atoms with E-state index in [4.69, 9.17) is 5.73 Å². The maximum Gasteiger partial charge on any atom is 0.337 e. The molecule has 7 heteroatoms. The van der Waals surface area contributed by atoms with Gasteiger partial charge in [-0.05, 0) is 38.0 Å². The standard InChI is InChI=1S/C14H20N2O4S/c1-10-5-3-2-4-8-16(10)21(19,20)13-9-11(15)6-7-12(13)14(17)18/h6-7,9-10H,2-5,8,15H2,1H3,(H,17,18). The van der Waals surface area contributed by atoms with Gasteiger partial charge in [-0.3, -0.25) is 0 Å². The molecule has 1 fully saturated rings. The molecule has 1 aromatic rings. The van der Waals surface area contributed by atoms with E-state index in [0.717, 1.165) is 25.7 Å². The van der Waals surface area contributed by atoms with Crippen molar-refractivity contribution in [1.82, 2.24) is 4.31 Å². The van der Waals surface area contributed by atoms with Crippen molar-refractivity contribution < 1.29 is 18.3 Å².